The normalized spacial score (nSPS) is 12.6. The molecule has 0 bridgehead atoms. The molecule has 0 atom stereocenters. The maximum absolute atomic E-state index is 6.14. The Morgan fingerprint density at radius 1 is 1.06 bits per heavy atom. The van der Waals surface area contributed by atoms with Crippen LogP contribution >= 0.6 is 12.9 Å². The molecule has 0 saturated carbocycles. The predicted octanol–water partition coefficient (Wildman–Crippen LogP) is 5.00. The van der Waals surface area contributed by atoms with Crippen LogP contribution in [0.2, 0.25) is 22.7 Å². The fourth-order valence-electron chi connectivity index (χ4n) is 1.27. The standard InChI is InChI=1S/C12H27OSi.BrH.Mg/c1-7-8-9-10-11-13-14(5,6)12(2,3)4;;/h1,7-11H2,2-6H3;1H;/q;;+1/p-1. The van der Waals surface area contributed by atoms with Crippen LogP contribution in [0.4, 0.5) is 0 Å². The molecular weight excluding hydrogens is 292 g/mol. The van der Waals surface area contributed by atoms with Crippen molar-refractivity contribution in [1.82, 2.24) is 0 Å². The fourth-order valence-corrected chi connectivity index (χ4v) is 4.09. The van der Waals surface area contributed by atoms with Crippen LogP contribution in [0.3, 0.4) is 0 Å². The zero-order valence-electron chi connectivity index (χ0n) is 11.7. The van der Waals surface area contributed by atoms with Crippen LogP contribution in [-0.4, -0.2) is 33.1 Å². The molecule has 0 saturated heterocycles. The van der Waals surface area contributed by atoms with Gasteiger partial charge < -0.3 is 17.3 Å². The highest BCUT2D eigenvalue weighted by atomic mass is 79.9. The molecule has 16 heavy (non-hydrogen) atoms. The molecule has 1 nitrogen and oxygen atoms in total. The van der Waals surface area contributed by atoms with E-state index in [1.54, 1.807) is 0 Å². The van der Waals surface area contributed by atoms with Crippen molar-refractivity contribution in [2.45, 2.75) is 69.1 Å². The van der Waals surface area contributed by atoms with Crippen molar-refractivity contribution in [2.75, 3.05) is 6.61 Å². The Hall–Kier alpha value is 1.42. The highest BCUT2D eigenvalue weighted by molar-refractivity contribution is 9.23. The highest BCUT2D eigenvalue weighted by Gasteiger charge is 2.36. The molecule has 0 heterocycles. The summed E-state index contributed by atoms with van der Waals surface area (Å²) in [5, 5.41) is 0.356. The monoisotopic (exact) mass is 318 g/mol. The van der Waals surface area contributed by atoms with Gasteiger partial charge in [0.15, 0.2) is 8.32 Å². The summed E-state index contributed by atoms with van der Waals surface area (Å²) in [7, 11) is -1.48. The first-order valence-electron chi connectivity index (χ1n) is 6.51. The van der Waals surface area contributed by atoms with Gasteiger partial charge in [0.05, 0.1) is 0 Å². The van der Waals surface area contributed by atoms with E-state index in [2.05, 4.69) is 46.7 Å². The molecule has 4 heteroatoms. The third-order valence-corrected chi connectivity index (χ3v) is 10.5. The Morgan fingerprint density at radius 3 is 2.12 bits per heavy atom. The molecule has 0 N–H and O–H groups in total. The average molecular weight is 320 g/mol. The largest absolute Gasteiger partial charge is 0.468 e. The maximum atomic E-state index is 6.14. The molecule has 0 spiro atoms. The number of unbranched alkanes of at least 4 members (excludes halogenated alkanes) is 3. The van der Waals surface area contributed by atoms with Gasteiger partial charge in [-0.1, -0.05) is 40.0 Å². The zero-order chi connectivity index (χ0) is 12.7. The number of halogens is 1. The second-order valence-corrected chi connectivity index (χ2v) is 14.3. The molecule has 0 rings (SSSR count). The van der Waals surface area contributed by atoms with Gasteiger partial charge in [0.25, 0.3) is 0 Å². The second kappa shape index (κ2) is 8.51. The van der Waals surface area contributed by atoms with E-state index in [0.717, 1.165) is 6.61 Å². The minimum Gasteiger partial charge on any atom is -0.417 e. The highest BCUT2D eigenvalue weighted by Crippen LogP contribution is 2.36. The summed E-state index contributed by atoms with van der Waals surface area (Å²) in [4.78, 5) is 0. The van der Waals surface area contributed by atoms with Crippen LogP contribution in [-0.2, 0) is 4.43 Å². The summed E-state index contributed by atoms with van der Waals surface area (Å²) < 4.78 is 7.59. The molecule has 0 amide bonds. The first-order chi connectivity index (χ1) is 7.31. The number of rotatable bonds is 8. The van der Waals surface area contributed by atoms with Crippen LogP contribution in [0.1, 0.15) is 46.5 Å². The van der Waals surface area contributed by atoms with E-state index < -0.39 is 8.32 Å². The predicted molar refractivity (Wildman–Crippen MR) is 81.1 cm³/mol. The summed E-state index contributed by atoms with van der Waals surface area (Å²) in [6.45, 7) is 12.6. The van der Waals surface area contributed by atoms with Crippen molar-refractivity contribution in [2.24, 2.45) is 0 Å². The van der Waals surface area contributed by atoms with Gasteiger partial charge in [-0.15, -0.1) is 4.55 Å². The summed E-state index contributed by atoms with van der Waals surface area (Å²) in [5.74, 6) is 0. The Balaban J connectivity index is 3.51. The molecule has 0 aromatic rings. The van der Waals surface area contributed by atoms with Crippen molar-refractivity contribution < 1.29 is 4.43 Å². The third kappa shape index (κ3) is 7.69. The van der Waals surface area contributed by atoms with E-state index in [1.165, 1.54) is 30.2 Å². The van der Waals surface area contributed by atoms with Crippen molar-refractivity contribution in [3.8, 4) is 0 Å². The zero-order valence-corrected chi connectivity index (χ0v) is 15.7. The molecule has 94 valence electrons. The Labute approximate surface area is 119 Å². The van der Waals surface area contributed by atoms with Crippen LogP contribution in [0.5, 0.6) is 0 Å². The molecule has 0 aromatic carbocycles. The Kier molecular flexibility index (Phi) is 9.27. The lowest BCUT2D eigenvalue weighted by Crippen LogP contribution is -2.40. The lowest BCUT2D eigenvalue weighted by Gasteiger charge is -2.36. The fraction of sp³-hybridized carbons (Fsp3) is 1.00. The molecule has 0 aliphatic heterocycles. The van der Waals surface area contributed by atoms with Gasteiger partial charge in [-0.3, -0.25) is 0 Å². The number of hydrogen-bond donors (Lipinski definition) is 0. The first kappa shape index (κ1) is 17.4. The Bertz CT molecular complexity index is 180. The number of hydrogen-bond acceptors (Lipinski definition) is 1. The SMILES string of the molecule is CC(C)(C)[Si](C)(C)OCCCCC[CH2][Mg][Br]. The van der Waals surface area contributed by atoms with Gasteiger partial charge >= 0.3 is 18.2 Å². The van der Waals surface area contributed by atoms with Crippen molar-refractivity contribution in [3.05, 3.63) is 0 Å². The van der Waals surface area contributed by atoms with E-state index in [9.17, 15) is 0 Å². The van der Waals surface area contributed by atoms with Crippen molar-refractivity contribution in [1.29, 1.82) is 0 Å². The first-order valence-corrected chi connectivity index (χ1v) is 14.3. The maximum Gasteiger partial charge on any atom is 0.468 e. The summed E-state index contributed by atoms with van der Waals surface area (Å²) in [5.41, 5.74) is 0. The second-order valence-electron chi connectivity index (χ2n) is 6.07. The van der Waals surface area contributed by atoms with Gasteiger partial charge in [-0.2, -0.15) is 0 Å². The smallest absolute Gasteiger partial charge is 0.417 e. The van der Waals surface area contributed by atoms with Crippen molar-refractivity contribution in [3.63, 3.8) is 0 Å². The molecule has 0 aliphatic carbocycles. The van der Waals surface area contributed by atoms with E-state index >= 15 is 0 Å². The third-order valence-electron chi connectivity index (χ3n) is 3.55. The average Bonchev–Trinajstić information content (AvgIpc) is 2.14. The summed E-state index contributed by atoms with van der Waals surface area (Å²) in [6.07, 6.45) is 5.39. The molecule has 0 aromatic heterocycles. The van der Waals surface area contributed by atoms with Crippen LogP contribution in [0.25, 0.3) is 0 Å². The molecule has 0 unspecified atom stereocenters. The molecule has 0 fully saturated rings. The van der Waals surface area contributed by atoms with Crippen molar-refractivity contribution >= 4 is 39.4 Å². The lowest BCUT2D eigenvalue weighted by molar-refractivity contribution is 0.278. The van der Waals surface area contributed by atoms with Gasteiger partial charge in [-0.05, 0) is 24.6 Å². The molecule has 0 aliphatic rings. The topological polar surface area (TPSA) is 9.23 Å². The Morgan fingerprint density at radius 2 is 1.62 bits per heavy atom. The quantitative estimate of drug-likeness (QED) is 0.452. The van der Waals surface area contributed by atoms with Crippen LogP contribution in [0.15, 0.2) is 0 Å². The minimum atomic E-state index is -1.48. The van der Waals surface area contributed by atoms with E-state index in [-0.39, 0.29) is 18.2 Å². The van der Waals surface area contributed by atoms with Gasteiger partial charge in [-0.25, -0.2) is 0 Å². The van der Waals surface area contributed by atoms with Gasteiger partial charge in [0, 0.05) is 6.61 Å². The van der Waals surface area contributed by atoms with Gasteiger partial charge in [0.1, 0.15) is 0 Å². The molecule has 0 radical (unpaired) electrons. The minimum absolute atomic E-state index is 0.122. The summed E-state index contributed by atoms with van der Waals surface area (Å²) in [6, 6.07) is 0. The van der Waals surface area contributed by atoms with E-state index in [1.807, 2.05) is 0 Å². The van der Waals surface area contributed by atoms with Crippen LogP contribution < -0.4 is 0 Å². The van der Waals surface area contributed by atoms with E-state index in [4.69, 9.17) is 4.43 Å². The van der Waals surface area contributed by atoms with E-state index in [0.29, 0.717) is 5.04 Å². The summed E-state index contributed by atoms with van der Waals surface area (Å²) >= 11 is 3.72. The van der Waals surface area contributed by atoms with Crippen LogP contribution in [0, 0.1) is 0 Å². The van der Waals surface area contributed by atoms with Gasteiger partial charge in [0.2, 0.25) is 0 Å². The molecular formula is C12H27BrMgOSi. The lowest BCUT2D eigenvalue weighted by atomic mass is 10.2.